The SMILES string of the molecule is CC[C@H](C(=O)NC1CCCC1)N(Cc1ccc(OC)cc1)C(=O)CN(c1ccc(OCc2ccccc2)cc1)S(C)(=O)=O. The molecule has 4 rings (SSSR count). The van der Waals surface area contributed by atoms with Gasteiger partial charge in [0.1, 0.15) is 30.7 Å². The Morgan fingerprint density at radius 3 is 2.12 bits per heavy atom. The quantitative estimate of drug-likeness (QED) is 0.279. The Balaban J connectivity index is 1.55. The van der Waals surface area contributed by atoms with Gasteiger partial charge >= 0.3 is 0 Å². The Morgan fingerprint density at radius 1 is 0.907 bits per heavy atom. The Morgan fingerprint density at radius 2 is 1.53 bits per heavy atom. The molecular weight excluding hydrogens is 566 g/mol. The number of ether oxygens (including phenoxy) is 2. The Kier molecular flexibility index (Phi) is 11.1. The molecule has 0 aromatic heterocycles. The Hall–Kier alpha value is -4.05. The minimum atomic E-state index is -3.84. The molecule has 2 amide bonds. The van der Waals surface area contributed by atoms with Crippen molar-refractivity contribution < 1.29 is 27.5 Å². The number of nitrogens with zero attached hydrogens (tertiary/aromatic N) is 2. The summed E-state index contributed by atoms with van der Waals surface area (Å²) in [6.07, 6.45) is 5.42. The molecule has 0 unspecified atom stereocenters. The van der Waals surface area contributed by atoms with Crippen LogP contribution in [0.3, 0.4) is 0 Å². The molecule has 1 N–H and O–H groups in total. The van der Waals surface area contributed by atoms with Crippen molar-refractivity contribution in [1.29, 1.82) is 0 Å². The first-order chi connectivity index (χ1) is 20.7. The van der Waals surface area contributed by atoms with E-state index in [9.17, 15) is 18.0 Å². The van der Waals surface area contributed by atoms with Crippen LogP contribution in [0, 0.1) is 0 Å². The maximum absolute atomic E-state index is 14.0. The van der Waals surface area contributed by atoms with E-state index in [4.69, 9.17) is 9.47 Å². The standard InChI is InChI=1S/C33H41N3O6S/c1-4-31(33(38)34-27-12-8-9-13-27)35(22-25-14-18-29(41-2)19-15-25)32(37)23-36(43(3,39)40)28-16-20-30(21-17-28)42-24-26-10-6-5-7-11-26/h5-7,10-11,14-21,27,31H,4,8-9,12-13,22-24H2,1-3H3,(H,34,38)/t31-/m1/s1. The van der Waals surface area contributed by atoms with Gasteiger partial charge < -0.3 is 19.7 Å². The molecule has 1 atom stereocenters. The number of methoxy groups -OCH3 is 1. The average Bonchev–Trinajstić information content (AvgIpc) is 3.52. The van der Waals surface area contributed by atoms with Crippen LogP contribution in [-0.2, 0) is 32.8 Å². The largest absolute Gasteiger partial charge is 0.497 e. The molecule has 1 fully saturated rings. The van der Waals surface area contributed by atoms with Crippen LogP contribution in [0.15, 0.2) is 78.9 Å². The second-order valence-corrected chi connectivity index (χ2v) is 12.7. The van der Waals surface area contributed by atoms with E-state index in [1.54, 1.807) is 43.5 Å². The number of hydrogen-bond donors (Lipinski definition) is 1. The topological polar surface area (TPSA) is 105 Å². The first-order valence-electron chi connectivity index (χ1n) is 14.6. The van der Waals surface area contributed by atoms with Crippen LogP contribution >= 0.6 is 0 Å². The smallest absolute Gasteiger partial charge is 0.244 e. The summed E-state index contributed by atoms with van der Waals surface area (Å²) in [7, 11) is -2.26. The third-order valence-electron chi connectivity index (χ3n) is 7.65. The second-order valence-electron chi connectivity index (χ2n) is 10.8. The van der Waals surface area contributed by atoms with E-state index in [1.165, 1.54) is 4.90 Å². The summed E-state index contributed by atoms with van der Waals surface area (Å²) in [4.78, 5) is 28.9. The molecule has 0 aliphatic heterocycles. The van der Waals surface area contributed by atoms with Gasteiger partial charge in [0.25, 0.3) is 0 Å². The minimum absolute atomic E-state index is 0.0923. The van der Waals surface area contributed by atoms with E-state index in [0.29, 0.717) is 30.2 Å². The van der Waals surface area contributed by atoms with Crippen LogP contribution in [0.4, 0.5) is 5.69 Å². The molecule has 3 aromatic carbocycles. The van der Waals surface area contributed by atoms with Crippen LogP contribution in [0.1, 0.15) is 50.2 Å². The maximum atomic E-state index is 14.0. The van der Waals surface area contributed by atoms with E-state index >= 15 is 0 Å². The van der Waals surface area contributed by atoms with E-state index < -0.39 is 28.5 Å². The van der Waals surface area contributed by atoms with E-state index in [-0.39, 0.29) is 18.5 Å². The van der Waals surface area contributed by atoms with Gasteiger partial charge in [-0.3, -0.25) is 13.9 Å². The first kappa shape index (κ1) is 31.9. The van der Waals surface area contributed by atoms with Crippen LogP contribution in [0.2, 0.25) is 0 Å². The highest BCUT2D eigenvalue weighted by Gasteiger charge is 2.33. The predicted molar refractivity (Wildman–Crippen MR) is 167 cm³/mol. The summed E-state index contributed by atoms with van der Waals surface area (Å²) in [6.45, 7) is 1.92. The third-order valence-corrected chi connectivity index (χ3v) is 8.79. The van der Waals surface area contributed by atoms with Crippen molar-refractivity contribution in [1.82, 2.24) is 10.2 Å². The molecule has 43 heavy (non-hydrogen) atoms. The molecule has 0 spiro atoms. The normalized spacial score (nSPS) is 14.1. The van der Waals surface area contributed by atoms with Crippen molar-refractivity contribution in [2.75, 3.05) is 24.2 Å². The average molecular weight is 608 g/mol. The lowest BCUT2D eigenvalue weighted by Crippen LogP contribution is -2.53. The molecule has 230 valence electrons. The van der Waals surface area contributed by atoms with Crippen molar-refractivity contribution in [3.8, 4) is 11.5 Å². The molecule has 10 heteroatoms. The number of carbonyl (C=O) groups excluding carboxylic acids is 2. The predicted octanol–water partition coefficient (Wildman–Crippen LogP) is 4.91. The molecule has 0 heterocycles. The number of nitrogens with one attached hydrogen (secondary N) is 1. The zero-order chi connectivity index (χ0) is 30.8. The number of carbonyl (C=O) groups is 2. The summed E-state index contributed by atoms with van der Waals surface area (Å²) < 4.78 is 38.1. The lowest BCUT2D eigenvalue weighted by Gasteiger charge is -2.33. The van der Waals surface area contributed by atoms with Crippen molar-refractivity contribution in [3.63, 3.8) is 0 Å². The van der Waals surface area contributed by atoms with Gasteiger partial charge in [-0.1, -0.05) is 62.2 Å². The fourth-order valence-corrected chi connectivity index (χ4v) is 6.13. The summed E-state index contributed by atoms with van der Waals surface area (Å²) in [5.74, 6) is 0.552. The van der Waals surface area contributed by atoms with E-state index in [2.05, 4.69) is 5.32 Å². The highest BCUT2D eigenvalue weighted by molar-refractivity contribution is 7.92. The molecule has 1 aliphatic rings. The highest BCUT2D eigenvalue weighted by atomic mass is 32.2. The summed E-state index contributed by atoms with van der Waals surface area (Å²) >= 11 is 0. The van der Waals surface area contributed by atoms with Crippen LogP contribution in [-0.4, -0.2) is 57.1 Å². The number of anilines is 1. The monoisotopic (exact) mass is 607 g/mol. The lowest BCUT2D eigenvalue weighted by molar-refractivity contribution is -0.140. The Bertz CT molecular complexity index is 1440. The number of rotatable bonds is 14. The van der Waals surface area contributed by atoms with Gasteiger partial charge in [0.15, 0.2) is 0 Å². The van der Waals surface area contributed by atoms with Gasteiger partial charge in [0.2, 0.25) is 21.8 Å². The molecule has 0 radical (unpaired) electrons. The minimum Gasteiger partial charge on any atom is -0.497 e. The fourth-order valence-electron chi connectivity index (χ4n) is 5.28. The molecule has 0 saturated heterocycles. The van der Waals surface area contributed by atoms with Gasteiger partial charge in [-0.15, -0.1) is 0 Å². The van der Waals surface area contributed by atoms with Gasteiger partial charge in [-0.2, -0.15) is 0 Å². The van der Waals surface area contributed by atoms with Crippen molar-refractivity contribution in [3.05, 3.63) is 90.0 Å². The lowest BCUT2D eigenvalue weighted by atomic mass is 10.1. The van der Waals surface area contributed by atoms with Gasteiger partial charge in [-0.05, 0) is 66.8 Å². The maximum Gasteiger partial charge on any atom is 0.244 e. The van der Waals surface area contributed by atoms with Gasteiger partial charge in [0, 0.05) is 12.6 Å². The fraction of sp³-hybridized carbons (Fsp3) is 0.394. The molecule has 9 nitrogen and oxygen atoms in total. The number of benzene rings is 3. The van der Waals surface area contributed by atoms with Crippen LogP contribution < -0.4 is 19.1 Å². The van der Waals surface area contributed by atoms with E-state index in [0.717, 1.165) is 47.4 Å². The van der Waals surface area contributed by atoms with Gasteiger partial charge in [-0.25, -0.2) is 8.42 Å². The zero-order valence-corrected chi connectivity index (χ0v) is 25.9. The van der Waals surface area contributed by atoms with Crippen molar-refractivity contribution in [2.24, 2.45) is 0 Å². The first-order valence-corrected chi connectivity index (χ1v) is 16.5. The van der Waals surface area contributed by atoms with Crippen molar-refractivity contribution in [2.45, 2.75) is 64.3 Å². The van der Waals surface area contributed by atoms with Gasteiger partial charge in [0.05, 0.1) is 19.1 Å². The number of amides is 2. The second kappa shape index (κ2) is 14.9. The molecule has 1 aliphatic carbocycles. The van der Waals surface area contributed by atoms with Crippen LogP contribution in [0.25, 0.3) is 0 Å². The molecule has 3 aromatic rings. The molecule has 0 bridgehead atoms. The Labute approximate surface area is 254 Å². The van der Waals surface area contributed by atoms with Crippen molar-refractivity contribution >= 4 is 27.5 Å². The molecular formula is C33H41N3O6S. The summed E-state index contributed by atoms with van der Waals surface area (Å²) in [5.41, 5.74) is 2.14. The summed E-state index contributed by atoms with van der Waals surface area (Å²) in [5, 5.41) is 3.12. The summed E-state index contributed by atoms with van der Waals surface area (Å²) in [6, 6.07) is 22.9. The van der Waals surface area contributed by atoms with Crippen LogP contribution in [0.5, 0.6) is 11.5 Å². The van der Waals surface area contributed by atoms with E-state index in [1.807, 2.05) is 49.4 Å². The third kappa shape index (κ3) is 8.97. The highest BCUT2D eigenvalue weighted by Crippen LogP contribution is 2.24. The zero-order valence-electron chi connectivity index (χ0n) is 25.1. The molecule has 1 saturated carbocycles. The number of sulfonamides is 1. The number of hydrogen-bond acceptors (Lipinski definition) is 6.